The molecule has 0 spiro atoms. The molecule has 0 unspecified atom stereocenters. The minimum atomic E-state index is -2.33. The van der Waals surface area contributed by atoms with Crippen LogP contribution in [0.25, 0.3) is 0 Å². The summed E-state index contributed by atoms with van der Waals surface area (Å²) in [7, 11) is 0. The average Bonchev–Trinajstić information content (AvgIpc) is 0.811. The van der Waals surface area contributed by atoms with Crippen molar-refractivity contribution >= 4 is 6.16 Å². The Labute approximate surface area is 55.1 Å². The van der Waals surface area contributed by atoms with Crippen LogP contribution in [0.15, 0.2) is 0 Å². The van der Waals surface area contributed by atoms with E-state index >= 15 is 0 Å². The van der Waals surface area contributed by atoms with Crippen molar-refractivity contribution in [2.24, 2.45) is 0 Å². The van der Waals surface area contributed by atoms with Crippen molar-refractivity contribution in [3.63, 3.8) is 0 Å². The summed E-state index contributed by atoms with van der Waals surface area (Å²) in [5.41, 5.74) is 0. The number of carboxylic acid groups (broad SMARTS) is 2. The zero-order valence-electron chi connectivity index (χ0n) is 3.03. The third-order valence-corrected chi connectivity index (χ3v) is 0. The van der Waals surface area contributed by atoms with Gasteiger partial charge in [-0.15, -0.1) is 0 Å². The third kappa shape index (κ3) is 18800. The number of carbonyl (C=O) groups excluding carboxylic acids is 1. The van der Waals surface area contributed by atoms with Gasteiger partial charge in [0.1, 0.15) is 0 Å². The van der Waals surface area contributed by atoms with E-state index in [2.05, 4.69) is 0 Å². The fourth-order valence-electron chi connectivity index (χ4n) is 0. The molecular formula is CH4AgO5-2. The Morgan fingerprint density at radius 3 is 1.14 bits per heavy atom. The maximum absolute atomic E-state index is 8.33. The Hall–Kier alpha value is -0.0697. The number of hydrogen-bond acceptors (Lipinski definition) is 3. The SMILES string of the molecule is O.O.O=C([O-])[O-].[Ag]. The quantitative estimate of drug-likeness (QED) is 0.372. The first-order chi connectivity index (χ1) is 1.73. The molecule has 6 heteroatoms. The number of hydrogen-bond donors (Lipinski definition) is 0. The van der Waals surface area contributed by atoms with Crippen molar-refractivity contribution < 1.29 is 48.3 Å². The molecule has 0 saturated heterocycles. The van der Waals surface area contributed by atoms with E-state index in [0.29, 0.717) is 0 Å². The minimum Gasteiger partial charge on any atom is -0.652 e. The zero-order valence-corrected chi connectivity index (χ0v) is 4.51. The van der Waals surface area contributed by atoms with Gasteiger partial charge in [0.25, 0.3) is 0 Å². The molecule has 0 atom stereocenters. The maximum Gasteiger partial charge on any atom is 0 e. The predicted molar refractivity (Wildman–Crippen MR) is 12.6 cm³/mol. The summed E-state index contributed by atoms with van der Waals surface area (Å²) >= 11 is 0. The van der Waals surface area contributed by atoms with Gasteiger partial charge in [0.2, 0.25) is 0 Å². The normalized spacial score (nSPS) is 3.43. The van der Waals surface area contributed by atoms with Crippen molar-refractivity contribution in [3.8, 4) is 0 Å². The molecule has 0 heterocycles. The first-order valence-electron chi connectivity index (χ1n) is 0.612. The second kappa shape index (κ2) is 16.8. The number of carbonyl (C=O) groups is 1. The van der Waals surface area contributed by atoms with Crippen molar-refractivity contribution in [2.45, 2.75) is 0 Å². The summed E-state index contributed by atoms with van der Waals surface area (Å²) in [6.45, 7) is 0. The van der Waals surface area contributed by atoms with Gasteiger partial charge in [-0.1, -0.05) is 0 Å². The molecule has 5 nitrogen and oxygen atoms in total. The van der Waals surface area contributed by atoms with Crippen molar-refractivity contribution in [3.05, 3.63) is 0 Å². The molecule has 0 aliphatic carbocycles. The molecule has 0 aliphatic rings. The maximum atomic E-state index is 8.33. The van der Waals surface area contributed by atoms with Crippen LogP contribution in [-0.4, -0.2) is 17.1 Å². The minimum absolute atomic E-state index is 0. The van der Waals surface area contributed by atoms with Crippen LogP contribution in [0, 0.1) is 0 Å². The molecule has 0 aromatic carbocycles. The van der Waals surface area contributed by atoms with E-state index in [-0.39, 0.29) is 33.3 Å². The molecule has 0 amide bonds. The van der Waals surface area contributed by atoms with E-state index in [1.54, 1.807) is 0 Å². The number of rotatable bonds is 0. The average molecular weight is 204 g/mol. The van der Waals surface area contributed by atoms with Gasteiger partial charge in [-0.05, 0) is 6.16 Å². The smallest absolute Gasteiger partial charge is 0 e. The Kier molecular flexibility index (Phi) is 68.1. The topological polar surface area (TPSA) is 126 Å². The van der Waals surface area contributed by atoms with Crippen LogP contribution in [0.3, 0.4) is 0 Å². The molecule has 0 fully saturated rings. The summed E-state index contributed by atoms with van der Waals surface area (Å²) in [5, 5.41) is 16.7. The Morgan fingerprint density at radius 1 is 1.14 bits per heavy atom. The summed E-state index contributed by atoms with van der Waals surface area (Å²) in [6, 6.07) is 0. The van der Waals surface area contributed by atoms with Gasteiger partial charge < -0.3 is 26.0 Å². The standard InChI is InChI=1S/CH2O3.Ag.2H2O/c2-1(3)4;;;/h(H2,2,3,4);;2*1H2/p-2. The zero-order chi connectivity index (χ0) is 3.58. The molecule has 0 saturated carbocycles. The molecule has 0 aromatic rings. The van der Waals surface area contributed by atoms with Gasteiger partial charge in [0, 0.05) is 22.4 Å². The Bertz CT molecular complexity index is 31.1. The van der Waals surface area contributed by atoms with Gasteiger partial charge in [0.05, 0.1) is 0 Å². The van der Waals surface area contributed by atoms with E-state index in [1.807, 2.05) is 0 Å². The van der Waals surface area contributed by atoms with E-state index in [9.17, 15) is 0 Å². The molecule has 1 radical (unpaired) electrons. The van der Waals surface area contributed by atoms with Crippen LogP contribution in [0.5, 0.6) is 0 Å². The fourth-order valence-corrected chi connectivity index (χ4v) is 0. The molecular weight excluding hydrogens is 200 g/mol. The molecule has 7 heavy (non-hydrogen) atoms. The third-order valence-electron chi connectivity index (χ3n) is 0. The van der Waals surface area contributed by atoms with Gasteiger partial charge in [-0.25, -0.2) is 0 Å². The monoisotopic (exact) mass is 203 g/mol. The second-order valence-corrected chi connectivity index (χ2v) is 0.250. The van der Waals surface area contributed by atoms with E-state index < -0.39 is 6.16 Å². The molecule has 0 aromatic heterocycles. The fraction of sp³-hybridized carbons (Fsp3) is 0. The summed E-state index contributed by atoms with van der Waals surface area (Å²) in [5.74, 6) is 0. The summed E-state index contributed by atoms with van der Waals surface area (Å²) in [6.07, 6.45) is -2.33. The van der Waals surface area contributed by atoms with Crippen molar-refractivity contribution in [2.75, 3.05) is 0 Å². The Balaban J connectivity index is -0.0000000150. The predicted octanol–water partition coefficient (Wildman–Crippen LogP) is -4.10. The first kappa shape index (κ1) is 28.4. The van der Waals surface area contributed by atoms with Crippen molar-refractivity contribution in [1.29, 1.82) is 0 Å². The van der Waals surface area contributed by atoms with Crippen LogP contribution < -0.4 is 10.2 Å². The van der Waals surface area contributed by atoms with E-state index in [4.69, 9.17) is 15.0 Å². The summed E-state index contributed by atoms with van der Waals surface area (Å²) in [4.78, 5) is 8.33. The largest absolute Gasteiger partial charge is 0.652 e. The van der Waals surface area contributed by atoms with Gasteiger partial charge >= 0.3 is 0 Å². The van der Waals surface area contributed by atoms with Gasteiger partial charge in [-0.3, -0.25) is 0 Å². The van der Waals surface area contributed by atoms with Gasteiger partial charge in [0.15, 0.2) is 0 Å². The first-order valence-corrected chi connectivity index (χ1v) is 0.612. The molecule has 4 N–H and O–H groups in total. The van der Waals surface area contributed by atoms with Crippen LogP contribution >= 0.6 is 0 Å². The van der Waals surface area contributed by atoms with Crippen LogP contribution in [-0.2, 0) is 22.4 Å². The van der Waals surface area contributed by atoms with Crippen LogP contribution in [0.2, 0.25) is 0 Å². The molecule has 0 bridgehead atoms. The van der Waals surface area contributed by atoms with Crippen molar-refractivity contribution in [1.82, 2.24) is 0 Å². The molecule has 51 valence electrons. The van der Waals surface area contributed by atoms with E-state index in [0.717, 1.165) is 0 Å². The second-order valence-electron chi connectivity index (χ2n) is 0.250. The van der Waals surface area contributed by atoms with E-state index in [1.165, 1.54) is 0 Å². The Morgan fingerprint density at radius 2 is 1.14 bits per heavy atom. The molecule has 0 rings (SSSR count). The van der Waals surface area contributed by atoms with Crippen LogP contribution in [0.1, 0.15) is 0 Å². The molecule has 0 aliphatic heterocycles. The van der Waals surface area contributed by atoms with Crippen LogP contribution in [0.4, 0.5) is 4.79 Å². The van der Waals surface area contributed by atoms with Gasteiger partial charge in [-0.2, -0.15) is 0 Å². The summed E-state index contributed by atoms with van der Waals surface area (Å²) < 4.78 is 0.